The summed E-state index contributed by atoms with van der Waals surface area (Å²) >= 11 is 0. The van der Waals surface area contributed by atoms with Crippen molar-refractivity contribution < 1.29 is 0 Å². The first kappa shape index (κ1) is 7.53. The van der Waals surface area contributed by atoms with Gasteiger partial charge in [0.05, 0.1) is 0 Å². The Bertz CT molecular complexity index is 313. The molecule has 0 fully saturated rings. The molecule has 1 aliphatic carbocycles. The highest BCUT2D eigenvalue weighted by Crippen LogP contribution is 2.28. The van der Waals surface area contributed by atoms with Crippen LogP contribution in [0, 0.1) is 0 Å². The summed E-state index contributed by atoms with van der Waals surface area (Å²) in [6, 6.07) is 4.20. The van der Waals surface area contributed by atoms with Crippen LogP contribution < -0.4 is 0 Å². The molecule has 62 valence electrons. The Morgan fingerprint density at radius 1 is 1.42 bits per heavy atom. The first-order chi connectivity index (χ1) is 5.92. The highest BCUT2D eigenvalue weighted by Gasteiger charge is 2.12. The SMILES string of the molecule is CC=C1CCCc2ncccc21. The van der Waals surface area contributed by atoms with Crippen LogP contribution in [0.3, 0.4) is 0 Å². The van der Waals surface area contributed by atoms with E-state index < -0.39 is 0 Å². The number of pyridine rings is 1. The van der Waals surface area contributed by atoms with Crippen LogP contribution in [0.2, 0.25) is 0 Å². The van der Waals surface area contributed by atoms with Crippen molar-refractivity contribution in [3.63, 3.8) is 0 Å². The van der Waals surface area contributed by atoms with Crippen molar-refractivity contribution in [3.8, 4) is 0 Å². The molecule has 0 aromatic carbocycles. The lowest BCUT2D eigenvalue weighted by Crippen LogP contribution is -2.03. The molecule has 1 heteroatoms. The highest BCUT2D eigenvalue weighted by atomic mass is 14.7. The van der Waals surface area contributed by atoms with Gasteiger partial charge in [-0.25, -0.2) is 0 Å². The molecule has 0 aliphatic heterocycles. The van der Waals surface area contributed by atoms with E-state index in [2.05, 4.69) is 24.1 Å². The molecule has 1 nitrogen and oxygen atoms in total. The lowest BCUT2D eigenvalue weighted by atomic mass is 9.91. The summed E-state index contributed by atoms with van der Waals surface area (Å²) in [5, 5.41) is 0. The van der Waals surface area contributed by atoms with E-state index in [0.29, 0.717) is 0 Å². The van der Waals surface area contributed by atoms with Crippen LogP contribution in [0.5, 0.6) is 0 Å². The molecule has 0 radical (unpaired) electrons. The minimum atomic E-state index is 1.15. The van der Waals surface area contributed by atoms with Gasteiger partial charge in [-0.2, -0.15) is 0 Å². The van der Waals surface area contributed by atoms with E-state index >= 15 is 0 Å². The van der Waals surface area contributed by atoms with Crippen molar-refractivity contribution in [3.05, 3.63) is 35.7 Å². The van der Waals surface area contributed by atoms with Crippen LogP contribution in [-0.2, 0) is 6.42 Å². The molecule has 0 saturated carbocycles. The lowest BCUT2D eigenvalue weighted by molar-refractivity contribution is 0.793. The average Bonchev–Trinajstić information content (AvgIpc) is 2.17. The molecule has 0 unspecified atom stereocenters. The van der Waals surface area contributed by atoms with E-state index in [-0.39, 0.29) is 0 Å². The number of hydrogen-bond acceptors (Lipinski definition) is 1. The Balaban J connectivity index is 2.51. The van der Waals surface area contributed by atoms with Gasteiger partial charge in [-0.3, -0.25) is 4.98 Å². The lowest BCUT2D eigenvalue weighted by Gasteiger charge is -2.16. The van der Waals surface area contributed by atoms with Crippen molar-refractivity contribution >= 4 is 5.57 Å². The van der Waals surface area contributed by atoms with E-state index in [1.807, 2.05) is 12.3 Å². The molecule has 0 amide bonds. The predicted molar refractivity (Wildman–Crippen MR) is 50.8 cm³/mol. The number of nitrogens with zero attached hydrogens (tertiary/aromatic N) is 1. The number of aryl methyl sites for hydroxylation is 1. The number of hydrogen-bond donors (Lipinski definition) is 0. The van der Waals surface area contributed by atoms with Crippen molar-refractivity contribution in [1.82, 2.24) is 4.98 Å². The number of aromatic nitrogens is 1. The quantitative estimate of drug-likeness (QED) is 0.567. The Morgan fingerprint density at radius 2 is 2.33 bits per heavy atom. The summed E-state index contributed by atoms with van der Waals surface area (Å²) in [5.74, 6) is 0. The fourth-order valence-corrected chi connectivity index (χ4v) is 1.81. The molecule has 1 heterocycles. The summed E-state index contributed by atoms with van der Waals surface area (Å²) < 4.78 is 0. The second-order valence-corrected chi connectivity index (χ2v) is 3.17. The van der Waals surface area contributed by atoms with Gasteiger partial charge in [-0.15, -0.1) is 0 Å². The van der Waals surface area contributed by atoms with Gasteiger partial charge in [0, 0.05) is 11.9 Å². The normalized spacial score (nSPS) is 19.2. The monoisotopic (exact) mass is 159 g/mol. The predicted octanol–water partition coefficient (Wildman–Crippen LogP) is 2.82. The number of rotatable bonds is 0. The summed E-state index contributed by atoms with van der Waals surface area (Å²) in [6.45, 7) is 2.11. The Labute approximate surface area is 73.1 Å². The third-order valence-electron chi connectivity index (χ3n) is 2.44. The fourth-order valence-electron chi connectivity index (χ4n) is 1.81. The average molecular weight is 159 g/mol. The molecule has 0 saturated heterocycles. The van der Waals surface area contributed by atoms with Crippen LogP contribution in [0.15, 0.2) is 24.4 Å². The summed E-state index contributed by atoms with van der Waals surface area (Å²) in [4.78, 5) is 4.38. The van der Waals surface area contributed by atoms with Crippen molar-refractivity contribution in [2.75, 3.05) is 0 Å². The molecule has 1 aromatic rings. The highest BCUT2D eigenvalue weighted by molar-refractivity contribution is 5.68. The minimum absolute atomic E-state index is 1.15. The van der Waals surface area contributed by atoms with Gasteiger partial charge in [0.25, 0.3) is 0 Å². The summed E-state index contributed by atoms with van der Waals surface area (Å²) in [7, 11) is 0. The zero-order valence-corrected chi connectivity index (χ0v) is 7.38. The molecule has 12 heavy (non-hydrogen) atoms. The van der Waals surface area contributed by atoms with E-state index in [4.69, 9.17) is 0 Å². The number of fused-ring (bicyclic) bond motifs is 1. The smallest absolute Gasteiger partial charge is 0.0478 e. The molecule has 0 atom stereocenters. The standard InChI is InChI=1S/C11H13N/c1-2-9-5-3-7-11-10(9)6-4-8-12-11/h2,4,6,8H,3,5,7H2,1H3. The second kappa shape index (κ2) is 3.10. The van der Waals surface area contributed by atoms with Gasteiger partial charge in [0.15, 0.2) is 0 Å². The van der Waals surface area contributed by atoms with Crippen LogP contribution in [0.25, 0.3) is 5.57 Å². The third-order valence-corrected chi connectivity index (χ3v) is 2.44. The van der Waals surface area contributed by atoms with Gasteiger partial charge in [-0.1, -0.05) is 12.1 Å². The van der Waals surface area contributed by atoms with Crippen molar-refractivity contribution in [2.24, 2.45) is 0 Å². The zero-order valence-electron chi connectivity index (χ0n) is 7.38. The zero-order chi connectivity index (χ0) is 8.39. The first-order valence-corrected chi connectivity index (χ1v) is 4.51. The fraction of sp³-hybridized carbons (Fsp3) is 0.364. The summed E-state index contributed by atoms with van der Waals surface area (Å²) in [5.41, 5.74) is 4.10. The van der Waals surface area contributed by atoms with E-state index in [9.17, 15) is 0 Å². The maximum atomic E-state index is 4.38. The molecule has 2 rings (SSSR count). The first-order valence-electron chi connectivity index (χ1n) is 4.51. The van der Waals surface area contributed by atoms with E-state index in [1.54, 1.807) is 0 Å². The third kappa shape index (κ3) is 1.15. The minimum Gasteiger partial charge on any atom is -0.261 e. The molecule has 0 bridgehead atoms. The van der Waals surface area contributed by atoms with E-state index in [1.165, 1.54) is 29.7 Å². The molecular formula is C11H13N. The Hall–Kier alpha value is -1.11. The van der Waals surface area contributed by atoms with Crippen molar-refractivity contribution in [1.29, 1.82) is 0 Å². The molecule has 1 aromatic heterocycles. The number of allylic oxidation sites excluding steroid dienone is 2. The van der Waals surface area contributed by atoms with Gasteiger partial charge >= 0.3 is 0 Å². The van der Waals surface area contributed by atoms with E-state index in [0.717, 1.165) is 6.42 Å². The second-order valence-electron chi connectivity index (χ2n) is 3.17. The van der Waals surface area contributed by atoms with Crippen LogP contribution >= 0.6 is 0 Å². The maximum absolute atomic E-state index is 4.38. The summed E-state index contributed by atoms with van der Waals surface area (Å²) in [6.07, 6.45) is 7.71. The molecule has 0 N–H and O–H groups in total. The van der Waals surface area contributed by atoms with Crippen molar-refractivity contribution in [2.45, 2.75) is 26.2 Å². The van der Waals surface area contributed by atoms with Gasteiger partial charge in [0.1, 0.15) is 0 Å². The largest absolute Gasteiger partial charge is 0.261 e. The Morgan fingerprint density at radius 3 is 3.17 bits per heavy atom. The van der Waals surface area contributed by atoms with Gasteiger partial charge in [0.2, 0.25) is 0 Å². The van der Waals surface area contributed by atoms with Crippen LogP contribution in [0.1, 0.15) is 31.0 Å². The van der Waals surface area contributed by atoms with Gasteiger partial charge < -0.3 is 0 Å². The topological polar surface area (TPSA) is 12.9 Å². The Kier molecular flexibility index (Phi) is 1.94. The van der Waals surface area contributed by atoms with Crippen LogP contribution in [-0.4, -0.2) is 4.98 Å². The maximum Gasteiger partial charge on any atom is 0.0478 e. The molecule has 1 aliphatic rings. The van der Waals surface area contributed by atoms with Gasteiger partial charge in [-0.05, 0) is 43.4 Å². The van der Waals surface area contributed by atoms with Crippen LogP contribution in [0.4, 0.5) is 0 Å². The molecule has 0 spiro atoms. The molecular weight excluding hydrogens is 146 g/mol.